The predicted octanol–water partition coefficient (Wildman–Crippen LogP) is 0.868. The minimum atomic E-state index is -0.455. The normalized spacial score (nSPS) is 11.0. The van der Waals surface area contributed by atoms with E-state index in [9.17, 15) is 0 Å². The third kappa shape index (κ3) is 5.01. The largest absolute Gasteiger partial charge is 1.00 e. The lowest BCUT2D eigenvalue weighted by molar-refractivity contribution is -0.00000266. The second-order valence-electron chi connectivity index (χ2n) is 3.37. The van der Waals surface area contributed by atoms with Crippen molar-refractivity contribution in [3.8, 4) is 0 Å². The Balaban J connectivity index is 0. The molecular weight excluding hydrogens is 278 g/mol. The van der Waals surface area contributed by atoms with Gasteiger partial charge in [0.15, 0.2) is 0 Å². The maximum Gasteiger partial charge on any atom is 0.0593 e. The fourth-order valence-electron chi connectivity index (χ4n) is 1.64. The Labute approximate surface area is 96.3 Å². The van der Waals surface area contributed by atoms with E-state index in [1.807, 2.05) is 0 Å². The van der Waals surface area contributed by atoms with Gasteiger partial charge in [-0.25, -0.2) is 0 Å². The average Bonchev–Trinajstić information content (AvgIpc) is 2.08. The number of hydrogen-bond acceptors (Lipinski definition) is 0. The van der Waals surface area contributed by atoms with Gasteiger partial charge in [-0.3, -0.25) is 0 Å². The summed E-state index contributed by atoms with van der Waals surface area (Å²) >= 11 is 0. The third-order valence-corrected chi connectivity index (χ3v) is 8.29. The molecule has 0 nitrogen and oxygen atoms in total. The highest BCUT2D eigenvalue weighted by molar-refractivity contribution is 7.75. The fraction of sp³-hybridized carbons (Fsp3) is 1.00. The molecule has 2 heteroatoms. The van der Waals surface area contributed by atoms with Crippen LogP contribution in [0, 0.1) is 0 Å². The van der Waals surface area contributed by atoms with Crippen LogP contribution in [0.5, 0.6) is 0 Å². The van der Waals surface area contributed by atoms with Crippen molar-refractivity contribution in [2.24, 2.45) is 0 Å². The van der Waals surface area contributed by atoms with E-state index in [1.54, 1.807) is 6.16 Å². The monoisotopic (exact) mass is 302 g/mol. The van der Waals surface area contributed by atoms with Gasteiger partial charge in [0.05, 0.1) is 24.6 Å². The van der Waals surface area contributed by atoms with Crippen molar-refractivity contribution in [1.29, 1.82) is 0 Å². The van der Waals surface area contributed by atoms with Crippen LogP contribution in [0.15, 0.2) is 0 Å². The molecule has 0 radical (unpaired) electrons. The minimum Gasteiger partial charge on any atom is -1.00 e. The van der Waals surface area contributed by atoms with Crippen molar-refractivity contribution in [3.05, 3.63) is 0 Å². The topological polar surface area (TPSA) is 0 Å². The highest BCUT2D eigenvalue weighted by atomic mass is 127. The van der Waals surface area contributed by atoms with E-state index in [0.717, 1.165) is 0 Å². The molecule has 0 aliphatic heterocycles. The summed E-state index contributed by atoms with van der Waals surface area (Å²) in [4.78, 5) is 0. The summed E-state index contributed by atoms with van der Waals surface area (Å²) < 4.78 is 0. The number of halogens is 1. The molecule has 0 saturated carbocycles. The molecule has 0 spiro atoms. The van der Waals surface area contributed by atoms with Crippen LogP contribution in [0.25, 0.3) is 0 Å². The molecule has 0 bridgehead atoms. The van der Waals surface area contributed by atoms with Crippen LogP contribution < -0.4 is 24.0 Å². The van der Waals surface area contributed by atoms with Crippen molar-refractivity contribution in [2.45, 2.75) is 40.5 Å². The number of unbranched alkanes of at least 4 members (excludes halogenated alkanes) is 1. The van der Waals surface area contributed by atoms with Crippen LogP contribution in [-0.4, -0.2) is 24.6 Å². The second-order valence-corrected chi connectivity index (χ2v) is 8.40. The summed E-state index contributed by atoms with van der Waals surface area (Å²) in [5, 5.41) is 0. The van der Waals surface area contributed by atoms with Crippen LogP contribution in [0.1, 0.15) is 40.5 Å². The molecule has 0 rings (SSSR count). The quantitative estimate of drug-likeness (QED) is 0.504. The van der Waals surface area contributed by atoms with Crippen LogP contribution in [-0.2, 0) is 0 Å². The lowest BCUT2D eigenvalue weighted by Gasteiger charge is -2.23. The molecule has 0 saturated heterocycles. The smallest absolute Gasteiger partial charge is 0.0593 e. The lowest BCUT2D eigenvalue weighted by atomic mass is 10.4. The SMILES string of the molecule is CCCC[P+](CC)(CC)CC.[I-]. The Morgan fingerprint density at radius 2 is 1.25 bits per heavy atom. The maximum atomic E-state index is 2.39. The first kappa shape index (κ1) is 15.6. The van der Waals surface area contributed by atoms with Crippen molar-refractivity contribution >= 4 is 7.26 Å². The molecule has 0 aliphatic rings. The molecule has 0 fully saturated rings. The van der Waals surface area contributed by atoms with Crippen LogP contribution >= 0.6 is 7.26 Å². The summed E-state index contributed by atoms with van der Waals surface area (Å²) in [6.07, 6.45) is 8.80. The maximum absolute atomic E-state index is 2.39. The summed E-state index contributed by atoms with van der Waals surface area (Å²) in [5.41, 5.74) is 0. The number of hydrogen-bond donors (Lipinski definition) is 0. The Morgan fingerprint density at radius 3 is 1.50 bits per heavy atom. The van der Waals surface area contributed by atoms with E-state index in [-0.39, 0.29) is 24.0 Å². The molecule has 0 amide bonds. The molecule has 0 heterocycles. The van der Waals surface area contributed by atoms with Crippen LogP contribution in [0.3, 0.4) is 0 Å². The molecule has 0 unspecified atom stereocenters. The highest BCUT2D eigenvalue weighted by Crippen LogP contribution is 2.58. The summed E-state index contributed by atoms with van der Waals surface area (Å²) in [6.45, 7) is 9.46. The first-order valence-electron chi connectivity index (χ1n) is 5.09. The Bertz CT molecular complexity index is 81.6. The first-order chi connectivity index (χ1) is 5.24. The van der Waals surface area contributed by atoms with Crippen molar-refractivity contribution in [3.63, 3.8) is 0 Å². The van der Waals surface area contributed by atoms with Gasteiger partial charge in [0, 0.05) is 7.26 Å². The fourth-order valence-corrected chi connectivity index (χ4v) is 4.92. The molecule has 0 atom stereocenters. The highest BCUT2D eigenvalue weighted by Gasteiger charge is 2.29. The predicted molar refractivity (Wildman–Crippen MR) is 58.3 cm³/mol. The van der Waals surface area contributed by atoms with E-state index >= 15 is 0 Å². The van der Waals surface area contributed by atoms with Crippen LogP contribution in [0.2, 0.25) is 0 Å². The molecule has 0 aromatic rings. The van der Waals surface area contributed by atoms with E-state index in [4.69, 9.17) is 0 Å². The van der Waals surface area contributed by atoms with Crippen LogP contribution in [0.4, 0.5) is 0 Å². The van der Waals surface area contributed by atoms with Crippen molar-refractivity contribution < 1.29 is 24.0 Å². The third-order valence-electron chi connectivity index (χ3n) is 3.00. The summed E-state index contributed by atoms with van der Waals surface area (Å²) in [7, 11) is -0.455. The van der Waals surface area contributed by atoms with E-state index in [0.29, 0.717) is 0 Å². The molecule has 12 heavy (non-hydrogen) atoms. The summed E-state index contributed by atoms with van der Waals surface area (Å²) in [6, 6.07) is 0. The zero-order valence-electron chi connectivity index (χ0n) is 9.07. The van der Waals surface area contributed by atoms with Gasteiger partial charge in [-0.2, -0.15) is 0 Å². The molecule has 0 aromatic carbocycles. The zero-order chi connectivity index (χ0) is 8.74. The second kappa shape index (κ2) is 8.74. The van der Waals surface area contributed by atoms with Gasteiger partial charge in [0.25, 0.3) is 0 Å². The van der Waals surface area contributed by atoms with Crippen molar-refractivity contribution in [2.75, 3.05) is 24.6 Å². The van der Waals surface area contributed by atoms with Gasteiger partial charge < -0.3 is 24.0 Å². The molecule has 76 valence electrons. The number of rotatable bonds is 6. The van der Waals surface area contributed by atoms with Gasteiger partial charge in [-0.05, 0) is 27.2 Å². The Kier molecular flexibility index (Phi) is 11.4. The van der Waals surface area contributed by atoms with Gasteiger partial charge in [-0.15, -0.1) is 0 Å². The van der Waals surface area contributed by atoms with Gasteiger partial charge in [-0.1, -0.05) is 13.3 Å². The molecule has 0 N–H and O–H groups in total. The summed E-state index contributed by atoms with van der Waals surface area (Å²) in [5.74, 6) is 0. The Morgan fingerprint density at radius 1 is 0.833 bits per heavy atom. The lowest BCUT2D eigenvalue weighted by Crippen LogP contribution is -3.00. The zero-order valence-corrected chi connectivity index (χ0v) is 12.1. The van der Waals surface area contributed by atoms with Gasteiger partial charge >= 0.3 is 0 Å². The molecule has 0 aliphatic carbocycles. The van der Waals surface area contributed by atoms with E-state index in [1.165, 1.54) is 31.3 Å². The minimum absolute atomic E-state index is 0. The van der Waals surface area contributed by atoms with E-state index in [2.05, 4.69) is 27.7 Å². The van der Waals surface area contributed by atoms with Crippen molar-refractivity contribution in [1.82, 2.24) is 0 Å². The van der Waals surface area contributed by atoms with E-state index < -0.39 is 7.26 Å². The first-order valence-corrected chi connectivity index (χ1v) is 7.62. The van der Waals surface area contributed by atoms with Gasteiger partial charge in [0.2, 0.25) is 0 Å². The standard InChI is InChI=1S/C10H24P.HI/c1-5-9-10-11(6-2,7-3)8-4;/h5-10H2,1-4H3;1H/q+1;/p-1. The van der Waals surface area contributed by atoms with Gasteiger partial charge in [0.1, 0.15) is 0 Å². The molecular formula is C10H24IP. The Hall–Kier alpha value is 1.16. The average molecular weight is 302 g/mol. The molecule has 0 aromatic heterocycles.